The van der Waals surface area contributed by atoms with Crippen LogP contribution in [0.4, 0.5) is 0 Å². The van der Waals surface area contributed by atoms with E-state index >= 15 is 0 Å². The molecule has 0 saturated carbocycles. The normalized spacial score (nSPS) is 16.1. The lowest BCUT2D eigenvalue weighted by atomic mass is 10.1. The van der Waals surface area contributed by atoms with Crippen molar-refractivity contribution in [3.05, 3.63) is 44.3 Å². The van der Waals surface area contributed by atoms with Crippen molar-refractivity contribution in [2.75, 3.05) is 6.54 Å². The standard InChI is InChI=1S/C13H13BrN2O2S2/c1-9-12(7-13(14)19-9)20(17,18)16-6-4-11-10(8-16)3-2-5-15-11/h2-3,5,7H,4,6,8H2,1H3. The molecule has 1 aliphatic rings. The molecule has 3 rings (SSSR count). The molecule has 20 heavy (non-hydrogen) atoms. The molecule has 2 aromatic rings. The topological polar surface area (TPSA) is 50.3 Å². The highest BCUT2D eigenvalue weighted by Crippen LogP contribution is 2.33. The fourth-order valence-electron chi connectivity index (χ4n) is 2.37. The van der Waals surface area contributed by atoms with E-state index in [-0.39, 0.29) is 0 Å². The van der Waals surface area contributed by atoms with Gasteiger partial charge in [0.15, 0.2) is 0 Å². The van der Waals surface area contributed by atoms with Gasteiger partial charge < -0.3 is 0 Å². The molecule has 2 aromatic heterocycles. The number of thiophene rings is 1. The van der Waals surface area contributed by atoms with Crippen LogP contribution < -0.4 is 0 Å². The van der Waals surface area contributed by atoms with Crippen LogP contribution in [0.15, 0.2) is 33.1 Å². The lowest BCUT2D eigenvalue weighted by molar-refractivity contribution is 0.388. The number of rotatable bonds is 2. The van der Waals surface area contributed by atoms with Gasteiger partial charge in [0.05, 0.1) is 8.68 Å². The third-order valence-corrected chi connectivity index (χ3v) is 7.04. The highest BCUT2D eigenvalue weighted by molar-refractivity contribution is 9.11. The Kier molecular flexibility index (Phi) is 3.70. The first-order valence-corrected chi connectivity index (χ1v) is 9.22. The molecule has 3 heterocycles. The van der Waals surface area contributed by atoms with Gasteiger partial charge in [0.1, 0.15) is 0 Å². The molecule has 1 aliphatic heterocycles. The maximum Gasteiger partial charge on any atom is 0.244 e. The molecule has 0 amide bonds. The summed E-state index contributed by atoms with van der Waals surface area (Å²) < 4.78 is 27.8. The maximum atomic E-state index is 12.7. The summed E-state index contributed by atoms with van der Waals surface area (Å²) in [4.78, 5) is 5.52. The molecule has 0 aromatic carbocycles. The van der Waals surface area contributed by atoms with Gasteiger partial charge in [-0.05, 0) is 40.5 Å². The first-order valence-electron chi connectivity index (χ1n) is 6.17. The summed E-state index contributed by atoms with van der Waals surface area (Å²) in [6, 6.07) is 5.48. The van der Waals surface area contributed by atoms with E-state index in [0.717, 1.165) is 19.9 Å². The van der Waals surface area contributed by atoms with Gasteiger partial charge in [-0.25, -0.2) is 8.42 Å². The second kappa shape index (κ2) is 5.22. The van der Waals surface area contributed by atoms with Crippen molar-refractivity contribution in [2.24, 2.45) is 0 Å². The van der Waals surface area contributed by atoms with Crippen molar-refractivity contribution in [3.63, 3.8) is 0 Å². The van der Waals surface area contributed by atoms with Crippen LogP contribution in [0.1, 0.15) is 16.1 Å². The Labute approximate surface area is 130 Å². The quantitative estimate of drug-likeness (QED) is 0.813. The Bertz CT molecular complexity index is 755. The number of hydrogen-bond donors (Lipinski definition) is 0. The Balaban J connectivity index is 1.96. The van der Waals surface area contributed by atoms with Crippen LogP contribution >= 0.6 is 27.3 Å². The fraction of sp³-hybridized carbons (Fsp3) is 0.308. The Morgan fingerprint density at radius 3 is 2.95 bits per heavy atom. The van der Waals surface area contributed by atoms with E-state index in [4.69, 9.17) is 0 Å². The van der Waals surface area contributed by atoms with Crippen LogP contribution in [-0.2, 0) is 23.0 Å². The second-order valence-electron chi connectivity index (χ2n) is 4.67. The Morgan fingerprint density at radius 2 is 2.25 bits per heavy atom. The zero-order chi connectivity index (χ0) is 14.3. The second-order valence-corrected chi connectivity index (χ2v) is 9.21. The van der Waals surface area contributed by atoms with Crippen molar-refractivity contribution in [3.8, 4) is 0 Å². The first kappa shape index (κ1) is 14.2. The molecular weight excluding hydrogens is 360 g/mol. The van der Waals surface area contributed by atoms with Crippen LogP contribution in [0.5, 0.6) is 0 Å². The van der Waals surface area contributed by atoms with Gasteiger partial charge in [0.2, 0.25) is 10.0 Å². The van der Waals surface area contributed by atoms with Gasteiger partial charge >= 0.3 is 0 Å². The highest BCUT2D eigenvalue weighted by atomic mass is 79.9. The number of pyridine rings is 1. The van der Waals surface area contributed by atoms with Crippen LogP contribution in [0.25, 0.3) is 0 Å². The fourth-order valence-corrected chi connectivity index (χ4v) is 6.17. The number of sulfonamides is 1. The largest absolute Gasteiger partial charge is 0.261 e. The summed E-state index contributed by atoms with van der Waals surface area (Å²) in [6.07, 6.45) is 2.42. The molecule has 0 radical (unpaired) electrons. The smallest absolute Gasteiger partial charge is 0.244 e. The van der Waals surface area contributed by atoms with Crippen LogP contribution in [0.3, 0.4) is 0 Å². The lowest BCUT2D eigenvalue weighted by Gasteiger charge is -2.27. The minimum atomic E-state index is -3.43. The van der Waals surface area contributed by atoms with Crippen molar-refractivity contribution in [2.45, 2.75) is 24.8 Å². The maximum absolute atomic E-state index is 12.7. The molecule has 0 atom stereocenters. The molecule has 0 fully saturated rings. The van der Waals surface area contributed by atoms with Crippen LogP contribution in [0.2, 0.25) is 0 Å². The Morgan fingerprint density at radius 1 is 1.45 bits per heavy atom. The minimum absolute atomic E-state index is 0.401. The SMILES string of the molecule is Cc1sc(Br)cc1S(=O)(=O)N1CCc2ncccc2C1. The third-order valence-electron chi connectivity index (χ3n) is 3.39. The van der Waals surface area contributed by atoms with Gasteiger partial charge in [-0.1, -0.05) is 6.07 Å². The van der Waals surface area contributed by atoms with E-state index in [1.54, 1.807) is 16.6 Å². The van der Waals surface area contributed by atoms with Gasteiger partial charge in [-0.2, -0.15) is 4.31 Å². The number of aryl methyl sites for hydroxylation is 1. The number of halogens is 1. The molecule has 0 unspecified atom stereocenters. The van der Waals surface area contributed by atoms with E-state index in [2.05, 4.69) is 20.9 Å². The Hall–Kier alpha value is -0.760. The summed E-state index contributed by atoms with van der Waals surface area (Å²) in [6.45, 7) is 2.72. The van der Waals surface area contributed by atoms with Gasteiger partial charge in [-0.3, -0.25) is 4.98 Å². The van der Waals surface area contributed by atoms with Crippen LogP contribution in [-0.4, -0.2) is 24.3 Å². The number of nitrogens with zero attached hydrogens (tertiary/aromatic N) is 2. The van der Waals surface area contributed by atoms with E-state index in [1.807, 2.05) is 19.1 Å². The number of fused-ring (bicyclic) bond motifs is 1. The molecule has 106 valence electrons. The van der Waals surface area contributed by atoms with E-state index in [1.165, 1.54) is 11.3 Å². The van der Waals surface area contributed by atoms with Crippen molar-refractivity contribution < 1.29 is 8.42 Å². The third kappa shape index (κ3) is 2.43. The minimum Gasteiger partial charge on any atom is -0.261 e. The molecule has 4 nitrogen and oxygen atoms in total. The zero-order valence-electron chi connectivity index (χ0n) is 10.8. The lowest BCUT2D eigenvalue weighted by Crippen LogP contribution is -2.36. The molecule has 0 bridgehead atoms. The summed E-state index contributed by atoms with van der Waals surface area (Å²) in [7, 11) is -3.43. The zero-order valence-corrected chi connectivity index (χ0v) is 14.1. The number of aromatic nitrogens is 1. The summed E-state index contributed by atoms with van der Waals surface area (Å²) >= 11 is 4.79. The monoisotopic (exact) mass is 372 g/mol. The van der Waals surface area contributed by atoms with Gasteiger partial charge in [0.25, 0.3) is 0 Å². The van der Waals surface area contributed by atoms with Crippen molar-refractivity contribution in [1.29, 1.82) is 0 Å². The summed E-state index contributed by atoms with van der Waals surface area (Å²) in [5.41, 5.74) is 2.00. The van der Waals surface area contributed by atoms with E-state index < -0.39 is 10.0 Å². The average Bonchev–Trinajstić information content (AvgIpc) is 2.78. The molecule has 7 heteroatoms. The predicted octanol–water partition coefficient (Wildman–Crippen LogP) is 2.96. The van der Waals surface area contributed by atoms with Crippen molar-refractivity contribution >= 4 is 37.3 Å². The van der Waals surface area contributed by atoms with Crippen LogP contribution in [0, 0.1) is 6.92 Å². The van der Waals surface area contributed by atoms with Crippen molar-refractivity contribution in [1.82, 2.24) is 9.29 Å². The molecule has 0 spiro atoms. The highest BCUT2D eigenvalue weighted by Gasteiger charge is 2.30. The van der Waals surface area contributed by atoms with E-state index in [9.17, 15) is 8.42 Å². The number of hydrogen-bond acceptors (Lipinski definition) is 4. The van der Waals surface area contributed by atoms with Gasteiger partial charge in [0, 0.05) is 36.3 Å². The van der Waals surface area contributed by atoms with E-state index in [0.29, 0.717) is 24.4 Å². The molecule has 0 saturated heterocycles. The first-order chi connectivity index (χ1) is 9.48. The molecular formula is C13H13BrN2O2S2. The summed E-state index contributed by atoms with van der Waals surface area (Å²) in [5.74, 6) is 0. The summed E-state index contributed by atoms with van der Waals surface area (Å²) in [5, 5.41) is 0. The average molecular weight is 373 g/mol. The molecule has 0 N–H and O–H groups in total. The van der Waals surface area contributed by atoms with Gasteiger partial charge in [-0.15, -0.1) is 11.3 Å². The predicted molar refractivity (Wildman–Crippen MR) is 82.3 cm³/mol. The molecule has 0 aliphatic carbocycles.